The van der Waals surface area contributed by atoms with Gasteiger partial charge in [-0.2, -0.15) is 5.10 Å². The molecule has 3 aromatic heterocycles. The first-order chi connectivity index (χ1) is 12.6. The van der Waals surface area contributed by atoms with Crippen LogP contribution in [0.4, 0.5) is 4.39 Å². The lowest BCUT2D eigenvalue weighted by Gasteiger charge is -2.08. The summed E-state index contributed by atoms with van der Waals surface area (Å²) in [4.78, 5) is 9.64. The van der Waals surface area contributed by atoms with Crippen molar-refractivity contribution < 1.29 is 9.13 Å². The van der Waals surface area contributed by atoms with Gasteiger partial charge in [-0.1, -0.05) is 11.8 Å². The van der Waals surface area contributed by atoms with Crippen molar-refractivity contribution in [2.24, 2.45) is 0 Å². The van der Waals surface area contributed by atoms with Gasteiger partial charge in [0, 0.05) is 22.9 Å². The fourth-order valence-corrected chi connectivity index (χ4v) is 3.50. The minimum absolute atomic E-state index is 0.300. The lowest BCUT2D eigenvalue weighted by molar-refractivity contribution is 0.476. The molecule has 130 valence electrons. The third kappa shape index (κ3) is 3.52. The van der Waals surface area contributed by atoms with E-state index >= 15 is 0 Å². The third-order valence-electron chi connectivity index (χ3n) is 3.60. The number of ether oxygens (including phenoxy) is 1. The maximum Gasteiger partial charge on any atom is 0.156 e. The number of fused-ring (bicyclic) bond motifs is 1. The molecule has 0 radical (unpaired) electrons. The van der Waals surface area contributed by atoms with Crippen molar-refractivity contribution in [3.05, 3.63) is 72.1 Å². The van der Waals surface area contributed by atoms with Crippen LogP contribution < -0.4 is 4.74 Å². The molecule has 0 aliphatic carbocycles. The molecule has 3 heterocycles. The van der Waals surface area contributed by atoms with E-state index in [0.717, 1.165) is 27.0 Å². The molecule has 0 fully saturated rings. The molecular formula is C19H15FN4OS. The van der Waals surface area contributed by atoms with Crippen LogP contribution in [0, 0.1) is 19.7 Å². The molecular weight excluding hydrogens is 351 g/mol. The van der Waals surface area contributed by atoms with E-state index in [1.807, 2.05) is 36.6 Å². The predicted molar refractivity (Wildman–Crippen MR) is 97.3 cm³/mol. The Kier molecular flexibility index (Phi) is 4.30. The molecule has 1 aromatic carbocycles. The number of hydrogen-bond donors (Lipinski definition) is 0. The zero-order chi connectivity index (χ0) is 18.1. The van der Waals surface area contributed by atoms with Gasteiger partial charge in [-0.05, 0) is 50.2 Å². The summed E-state index contributed by atoms with van der Waals surface area (Å²) in [7, 11) is 0. The van der Waals surface area contributed by atoms with E-state index in [1.54, 1.807) is 24.5 Å². The Bertz CT molecular complexity index is 1080. The van der Waals surface area contributed by atoms with Crippen molar-refractivity contribution >= 4 is 17.4 Å². The number of pyridine rings is 1. The summed E-state index contributed by atoms with van der Waals surface area (Å²) >= 11 is 1.53. The fourth-order valence-electron chi connectivity index (χ4n) is 2.52. The lowest BCUT2D eigenvalue weighted by Crippen LogP contribution is -1.97. The molecule has 0 saturated carbocycles. The van der Waals surface area contributed by atoms with Crippen LogP contribution in [0.25, 0.3) is 5.65 Å². The first-order valence-corrected chi connectivity index (χ1v) is 8.79. The van der Waals surface area contributed by atoms with Gasteiger partial charge >= 0.3 is 0 Å². The zero-order valence-corrected chi connectivity index (χ0v) is 15.0. The van der Waals surface area contributed by atoms with Crippen LogP contribution in [-0.2, 0) is 0 Å². The Morgan fingerprint density at radius 1 is 0.962 bits per heavy atom. The maximum absolute atomic E-state index is 13.0. The van der Waals surface area contributed by atoms with Crippen LogP contribution in [0.5, 0.6) is 11.5 Å². The number of rotatable bonds is 4. The Hall–Kier alpha value is -2.93. The summed E-state index contributed by atoms with van der Waals surface area (Å²) in [5, 5.41) is 5.44. The van der Waals surface area contributed by atoms with Gasteiger partial charge in [-0.3, -0.25) is 4.98 Å². The predicted octanol–water partition coefficient (Wildman–Crippen LogP) is 4.82. The number of nitrogens with zero attached hydrogens (tertiary/aromatic N) is 4. The van der Waals surface area contributed by atoms with Crippen molar-refractivity contribution in [3.8, 4) is 11.5 Å². The fraction of sp³-hybridized carbons (Fsp3) is 0.105. The summed E-state index contributed by atoms with van der Waals surface area (Å²) < 4.78 is 20.6. The largest absolute Gasteiger partial charge is 0.456 e. The molecule has 0 aliphatic heterocycles. The molecule has 26 heavy (non-hydrogen) atoms. The van der Waals surface area contributed by atoms with E-state index in [4.69, 9.17) is 4.74 Å². The summed E-state index contributed by atoms with van der Waals surface area (Å²) in [5.74, 6) is 0.840. The van der Waals surface area contributed by atoms with Crippen molar-refractivity contribution in [1.29, 1.82) is 0 Å². The second-order valence-corrected chi connectivity index (χ2v) is 6.90. The van der Waals surface area contributed by atoms with Gasteiger partial charge < -0.3 is 4.74 Å². The second kappa shape index (κ2) is 6.76. The monoisotopic (exact) mass is 366 g/mol. The van der Waals surface area contributed by atoms with E-state index in [1.165, 1.54) is 23.9 Å². The Morgan fingerprint density at radius 3 is 2.58 bits per heavy atom. The van der Waals surface area contributed by atoms with E-state index < -0.39 is 0 Å². The molecule has 0 unspecified atom stereocenters. The molecule has 0 amide bonds. The van der Waals surface area contributed by atoms with Gasteiger partial charge in [0.1, 0.15) is 22.3 Å². The summed E-state index contributed by atoms with van der Waals surface area (Å²) in [6.07, 6.45) is 3.39. The summed E-state index contributed by atoms with van der Waals surface area (Å²) in [6.45, 7) is 3.90. The number of halogens is 1. The molecule has 4 rings (SSSR count). The Morgan fingerprint density at radius 2 is 1.77 bits per heavy atom. The van der Waals surface area contributed by atoms with Gasteiger partial charge in [-0.15, -0.1) is 0 Å². The molecule has 0 saturated heterocycles. The molecule has 0 bridgehead atoms. The van der Waals surface area contributed by atoms with E-state index in [-0.39, 0.29) is 5.82 Å². The van der Waals surface area contributed by atoms with Gasteiger partial charge in [0.15, 0.2) is 5.65 Å². The highest BCUT2D eigenvalue weighted by molar-refractivity contribution is 7.99. The zero-order valence-electron chi connectivity index (χ0n) is 14.2. The summed E-state index contributed by atoms with van der Waals surface area (Å²) in [6, 6.07) is 11.7. The van der Waals surface area contributed by atoms with Crippen LogP contribution in [0.1, 0.15) is 11.4 Å². The molecule has 4 aromatic rings. The quantitative estimate of drug-likeness (QED) is 0.485. The minimum atomic E-state index is -0.300. The molecule has 0 atom stereocenters. The first-order valence-electron chi connectivity index (χ1n) is 7.97. The third-order valence-corrected chi connectivity index (χ3v) is 4.56. The van der Waals surface area contributed by atoms with E-state index in [2.05, 4.69) is 15.1 Å². The Balaban J connectivity index is 1.62. The normalized spacial score (nSPS) is 11.0. The SMILES string of the molecule is Cc1cc(Sc2cncc(Oc3ccc(F)cc3)c2)n2nc(C)cc2n1. The second-order valence-electron chi connectivity index (χ2n) is 5.81. The van der Waals surface area contributed by atoms with Crippen molar-refractivity contribution in [3.63, 3.8) is 0 Å². The molecule has 5 nitrogen and oxygen atoms in total. The highest BCUT2D eigenvalue weighted by Gasteiger charge is 2.09. The molecule has 0 spiro atoms. The highest BCUT2D eigenvalue weighted by Crippen LogP contribution is 2.31. The number of aromatic nitrogens is 4. The highest BCUT2D eigenvalue weighted by atomic mass is 32.2. The smallest absolute Gasteiger partial charge is 0.156 e. The van der Waals surface area contributed by atoms with Gasteiger partial charge in [-0.25, -0.2) is 13.9 Å². The first kappa shape index (κ1) is 16.5. The molecule has 7 heteroatoms. The van der Waals surface area contributed by atoms with Gasteiger partial charge in [0.25, 0.3) is 0 Å². The molecule has 0 N–H and O–H groups in total. The standard InChI is InChI=1S/C19H15FN4OS/c1-12-8-19(24-18(22-12)7-13(2)23-24)26-17-9-16(10-21-11-17)25-15-5-3-14(20)4-6-15/h3-11H,1-2H3. The van der Waals surface area contributed by atoms with Gasteiger partial charge in [0.2, 0.25) is 0 Å². The van der Waals surface area contributed by atoms with Crippen molar-refractivity contribution in [2.75, 3.05) is 0 Å². The number of benzene rings is 1. The maximum atomic E-state index is 13.0. The van der Waals surface area contributed by atoms with Crippen LogP contribution in [0.2, 0.25) is 0 Å². The van der Waals surface area contributed by atoms with Crippen molar-refractivity contribution in [1.82, 2.24) is 19.6 Å². The van der Waals surface area contributed by atoms with E-state index in [9.17, 15) is 4.39 Å². The number of aryl methyl sites for hydroxylation is 2. The lowest BCUT2D eigenvalue weighted by atomic mass is 10.3. The van der Waals surface area contributed by atoms with Crippen molar-refractivity contribution in [2.45, 2.75) is 23.8 Å². The van der Waals surface area contributed by atoms with Crippen LogP contribution >= 0.6 is 11.8 Å². The molecule has 0 aliphatic rings. The van der Waals surface area contributed by atoms with E-state index in [0.29, 0.717) is 11.5 Å². The topological polar surface area (TPSA) is 52.3 Å². The number of hydrogen-bond acceptors (Lipinski definition) is 5. The summed E-state index contributed by atoms with van der Waals surface area (Å²) in [5.41, 5.74) is 2.65. The Labute approximate surface area is 153 Å². The minimum Gasteiger partial charge on any atom is -0.456 e. The van der Waals surface area contributed by atoms with Gasteiger partial charge in [0.05, 0.1) is 11.9 Å². The average molecular weight is 366 g/mol. The van der Waals surface area contributed by atoms with Crippen LogP contribution in [0.3, 0.4) is 0 Å². The van der Waals surface area contributed by atoms with Crippen LogP contribution in [0.15, 0.2) is 64.8 Å². The van der Waals surface area contributed by atoms with Crippen LogP contribution in [-0.4, -0.2) is 19.6 Å². The average Bonchev–Trinajstić information content (AvgIpc) is 2.98.